The molecule has 1 N–H and O–H groups in total. The lowest BCUT2D eigenvalue weighted by Gasteiger charge is -2.36. The molecule has 0 spiro atoms. The van der Waals surface area contributed by atoms with Crippen LogP contribution in [0.5, 0.6) is 0 Å². The van der Waals surface area contributed by atoms with Gasteiger partial charge in [0.25, 0.3) is 0 Å². The van der Waals surface area contributed by atoms with E-state index in [1.54, 1.807) is 17.6 Å². The fraction of sp³-hybridized carbons (Fsp3) is 0.562. The van der Waals surface area contributed by atoms with Crippen molar-refractivity contribution in [2.24, 2.45) is 4.99 Å². The molecular weight excluding hydrogens is 324 g/mol. The molecule has 24 heavy (non-hydrogen) atoms. The van der Waals surface area contributed by atoms with Gasteiger partial charge in [-0.1, -0.05) is 5.16 Å². The SMILES string of the molecule is CN=C(NCc1nc(C)c(C)s1)N1CCN(Cc2ccon2)CC1. The van der Waals surface area contributed by atoms with Crippen molar-refractivity contribution in [3.05, 3.63) is 33.6 Å². The van der Waals surface area contributed by atoms with Crippen molar-refractivity contribution < 1.29 is 4.52 Å². The van der Waals surface area contributed by atoms with Crippen molar-refractivity contribution in [1.82, 2.24) is 25.3 Å². The molecule has 0 bridgehead atoms. The number of piperazine rings is 1. The Morgan fingerprint density at radius 2 is 2.12 bits per heavy atom. The number of guanidine groups is 1. The normalized spacial score (nSPS) is 16.6. The lowest BCUT2D eigenvalue weighted by molar-refractivity contribution is 0.169. The fourth-order valence-electron chi connectivity index (χ4n) is 2.77. The summed E-state index contributed by atoms with van der Waals surface area (Å²) in [7, 11) is 1.84. The standard InChI is InChI=1S/C16H24N6OS/c1-12-13(2)24-15(19-12)10-18-16(17-3)22-7-5-21(6-8-22)11-14-4-9-23-20-14/h4,9H,5-8,10-11H2,1-3H3,(H,17,18). The van der Waals surface area contributed by atoms with Crippen molar-refractivity contribution in [1.29, 1.82) is 0 Å². The largest absolute Gasteiger partial charge is 0.364 e. The Morgan fingerprint density at radius 3 is 2.71 bits per heavy atom. The zero-order chi connectivity index (χ0) is 16.9. The average molecular weight is 348 g/mol. The van der Waals surface area contributed by atoms with Crippen LogP contribution in [-0.2, 0) is 13.1 Å². The summed E-state index contributed by atoms with van der Waals surface area (Å²) in [5.74, 6) is 0.946. The van der Waals surface area contributed by atoms with E-state index in [0.29, 0.717) is 0 Å². The summed E-state index contributed by atoms with van der Waals surface area (Å²) < 4.78 is 4.90. The van der Waals surface area contributed by atoms with Crippen LogP contribution in [0.15, 0.2) is 21.8 Å². The summed E-state index contributed by atoms with van der Waals surface area (Å²) in [5, 5.41) is 8.52. The Balaban J connectivity index is 1.48. The van der Waals surface area contributed by atoms with Gasteiger partial charge in [-0.25, -0.2) is 4.98 Å². The van der Waals surface area contributed by atoms with Gasteiger partial charge in [0.15, 0.2) is 5.96 Å². The van der Waals surface area contributed by atoms with Crippen LogP contribution in [0.4, 0.5) is 0 Å². The molecule has 1 aliphatic heterocycles. The summed E-state index contributed by atoms with van der Waals surface area (Å²) in [6.07, 6.45) is 1.62. The first kappa shape index (κ1) is 16.9. The maximum absolute atomic E-state index is 4.90. The second-order valence-electron chi connectivity index (χ2n) is 5.90. The molecule has 1 fully saturated rings. The third kappa shape index (κ3) is 4.12. The van der Waals surface area contributed by atoms with E-state index in [0.717, 1.165) is 61.6 Å². The smallest absolute Gasteiger partial charge is 0.194 e. The number of thiazole rings is 1. The first-order chi connectivity index (χ1) is 11.7. The zero-order valence-electron chi connectivity index (χ0n) is 14.4. The molecular formula is C16H24N6OS. The van der Waals surface area contributed by atoms with Crippen molar-refractivity contribution in [3.8, 4) is 0 Å². The Bertz CT molecular complexity index is 653. The molecule has 130 valence electrons. The van der Waals surface area contributed by atoms with Crippen LogP contribution in [0, 0.1) is 13.8 Å². The Hall–Kier alpha value is -1.93. The molecule has 8 heteroatoms. The van der Waals surface area contributed by atoms with Gasteiger partial charge in [0, 0.05) is 50.7 Å². The van der Waals surface area contributed by atoms with Crippen LogP contribution in [0.25, 0.3) is 0 Å². The van der Waals surface area contributed by atoms with E-state index in [1.807, 2.05) is 13.1 Å². The van der Waals surface area contributed by atoms with Crippen molar-refractivity contribution in [3.63, 3.8) is 0 Å². The van der Waals surface area contributed by atoms with E-state index >= 15 is 0 Å². The number of aromatic nitrogens is 2. The van der Waals surface area contributed by atoms with Crippen LogP contribution in [-0.4, -0.2) is 59.1 Å². The second kappa shape index (κ2) is 7.76. The van der Waals surface area contributed by atoms with Crippen LogP contribution in [0.3, 0.4) is 0 Å². The Labute approximate surface area is 146 Å². The first-order valence-corrected chi connectivity index (χ1v) is 8.97. The number of aryl methyl sites for hydroxylation is 2. The van der Waals surface area contributed by atoms with Crippen LogP contribution in [0.1, 0.15) is 21.3 Å². The number of hydrogen-bond acceptors (Lipinski definition) is 6. The van der Waals surface area contributed by atoms with Gasteiger partial charge in [0.2, 0.25) is 0 Å². The minimum atomic E-state index is 0.727. The molecule has 0 unspecified atom stereocenters. The monoisotopic (exact) mass is 348 g/mol. The van der Waals surface area contributed by atoms with E-state index < -0.39 is 0 Å². The highest BCUT2D eigenvalue weighted by Crippen LogP contribution is 2.16. The lowest BCUT2D eigenvalue weighted by atomic mass is 10.3. The molecule has 3 rings (SSSR count). The van der Waals surface area contributed by atoms with Gasteiger partial charge >= 0.3 is 0 Å². The highest BCUT2D eigenvalue weighted by Gasteiger charge is 2.20. The topological polar surface area (TPSA) is 69.8 Å². The van der Waals surface area contributed by atoms with Crippen molar-refractivity contribution in [2.45, 2.75) is 26.9 Å². The van der Waals surface area contributed by atoms with Gasteiger partial charge in [0.05, 0.1) is 17.9 Å². The number of nitrogens with one attached hydrogen (secondary N) is 1. The van der Waals surface area contributed by atoms with Crippen LogP contribution < -0.4 is 5.32 Å². The number of nitrogens with zero attached hydrogens (tertiary/aromatic N) is 5. The average Bonchev–Trinajstić information content (AvgIpc) is 3.20. The van der Waals surface area contributed by atoms with Gasteiger partial charge in [-0.3, -0.25) is 9.89 Å². The number of rotatable bonds is 4. The third-order valence-corrected chi connectivity index (χ3v) is 5.30. The highest BCUT2D eigenvalue weighted by molar-refractivity contribution is 7.11. The second-order valence-corrected chi connectivity index (χ2v) is 7.19. The minimum absolute atomic E-state index is 0.727. The molecule has 3 heterocycles. The molecule has 0 atom stereocenters. The zero-order valence-corrected chi connectivity index (χ0v) is 15.3. The van der Waals surface area contributed by atoms with E-state index in [2.05, 4.69) is 44.1 Å². The predicted molar refractivity (Wildman–Crippen MR) is 95.1 cm³/mol. The molecule has 0 aliphatic carbocycles. The van der Waals surface area contributed by atoms with Crippen molar-refractivity contribution in [2.75, 3.05) is 33.2 Å². The van der Waals surface area contributed by atoms with Gasteiger partial charge < -0.3 is 14.7 Å². The summed E-state index contributed by atoms with van der Waals surface area (Å²) in [4.78, 5) is 15.0. The highest BCUT2D eigenvalue weighted by atomic mass is 32.1. The summed E-state index contributed by atoms with van der Waals surface area (Å²) in [5.41, 5.74) is 2.11. The van der Waals surface area contributed by atoms with E-state index in [-0.39, 0.29) is 0 Å². The van der Waals surface area contributed by atoms with E-state index in [9.17, 15) is 0 Å². The number of hydrogen-bond donors (Lipinski definition) is 1. The molecule has 1 aliphatic rings. The van der Waals surface area contributed by atoms with Crippen molar-refractivity contribution >= 4 is 17.3 Å². The Morgan fingerprint density at radius 1 is 1.33 bits per heavy atom. The molecule has 2 aromatic heterocycles. The lowest BCUT2D eigenvalue weighted by Crippen LogP contribution is -2.52. The Kier molecular flexibility index (Phi) is 5.47. The third-order valence-electron chi connectivity index (χ3n) is 4.23. The molecule has 0 saturated carbocycles. The quantitative estimate of drug-likeness (QED) is 0.669. The van der Waals surface area contributed by atoms with Gasteiger partial charge in [0.1, 0.15) is 11.3 Å². The molecule has 0 aromatic carbocycles. The molecule has 1 saturated heterocycles. The summed E-state index contributed by atoms with van der Waals surface area (Å²) >= 11 is 1.74. The maximum Gasteiger partial charge on any atom is 0.194 e. The molecule has 2 aromatic rings. The van der Waals surface area contributed by atoms with Crippen LogP contribution >= 0.6 is 11.3 Å². The molecule has 0 amide bonds. The maximum atomic E-state index is 4.90. The fourth-order valence-corrected chi connectivity index (χ4v) is 3.64. The van der Waals surface area contributed by atoms with Gasteiger partial charge in [-0.05, 0) is 13.8 Å². The first-order valence-electron chi connectivity index (χ1n) is 8.16. The number of aliphatic imine (C=N–C) groups is 1. The van der Waals surface area contributed by atoms with E-state index in [1.165, 1.54) is 4.88 Å². The molecule has 0 radical (unpaired) electrons. The van der Waals surface area contributed by atoms with Crippen LogP contribution in [0.2, 0.25) is 0 Å². The van der Waals surface area contributed by atoms with E-state index in [4.69, 9.17) is 4.52 Å². The summed E-state index contributed by atoms with van der Waals surface area (Å²) in [6, 6.07) is 1.92. The summed E-state index contributed by atoms with van der Waals surface area (Å²) in [6.45, 7) is 9.61. The van der Waals surface area contributed by atoms with Gasteiger partial charge in [-0.15, -0.1) is 11.3 Å². The van der Waals surface area contributed by atoms with Gasteiger partial charge in [-0.2, -0.15) is 0 Å². The minimum Gasteiger partial charge on any atom is -0.364 e. The predicted octanol–water partition coefficient (Wildman–Crippen LogP) is 1.64. The molecule has 7 nitrogen and oxygen atoms in total.